The van der Waals surface area contributed by atoms with Gasteiger partial charge in [0, 0.05) is 41.3 Å². The third-order valence-electron chi connectivity index (χ3n) is 5.77. The summed E-state index contributed by atoms with van der Waals surface area (Å²) in [6, 6.07) is 10.1. The molecule has 0 atom stereocenters. The number of nitrogens with one attached hydrogen (secondary N) is 1. The molecule has 1 N–H and O–H groups in total. The summed E-state index contributed by atoms with van der Waals surface area (Å²) in [6.45, 7) is 5.76. The summed E-state index contributed by atoms with van der Waals surface area (Å²) < 4.78 is 15.9. The number of aromatic nitrogens is 3. The van der Waals surface area contributed by atoms with E-state index in [1.807, 2.05) is 48.9 Å². The maximum absolute atomic E-state index is 13.9. The second-order valence-corrected chi connectivity index (χ2v) is 8.00. The lowest BCUT2D eigenvalue weighted by atomic mass is 10.0. The highest BCUT2D eigenvalue weighted by Crippen LogP contribution is 2.33. The SMILES string of the molecule is CCC(=O)Cn1cc(-c2nc(Nc3cc([N+](=O)[O-])c(F)cc3C)ncc2CC)c2ccccc21. The first kappa shape index (κ1) is 23.0. The quantitative estimate of drug-likeness (QED) is 0.265. The van der Waals surface area contributed by atoms with Crippen LogP contribution in [0.25, 0.3) is 22.2 Å². The average molecular weight is 461 g/mol. The van der Waals surface area contributed by atoms with Crippen LogP contribution in [0.2, 0.25) is 0 Å². The number of rotatable bonds is 8. The number of hydrogen-bond acceptors (Lipinski definition) is 6. The van der Waals surface area contributed by atoms with Crippen molar-refractivity contribution in [2.45, 2.75) is 40.2 Å². The topological polar surface area (TPSA) is 103 Å². The van der Waals surface area contributed by atoms with Crippen molar-refractivity contribution in [1.82, 2.24) is 14.5 Å². The lowest BCUT2D eigenvalue weighted by Gasteiger charge is -2.12. The summed E-state index contributed by atoms with van der Waals surface area (Å²) >= 11 is 0. The summed E-state index contributed by atoms with van der Waals surface area (Å²) in [7, 11) is 0. The van der Waals surface area contributed by atoms with Crippen LogP contribution in [-0.4, -0.2) is 25.2 Å². The smallest absolute Gasteiger partial charge is 0.306 e. The summed E-state index contributed by atoms with van der Waals surface area (Å²) in [4.78, 5) is 31.6. The molecule has 0 bridgehead atoms. The Kier molecular flexibility index (Phi) is 6.36. The van der Waals surface area contributed by atoms with Crippen LogP contribution in [0, 0.1) is 22.9 Å². The van der Waals surface area contributed by atoms with Crippen molar-refractivity contribution in [2.24, 2.45) is 0 Å². The molecule has 4 aromatic rings. The van der Waals surface area contributed by atoms with Gasteiger partial charge in [-0.2, -0.15) is 4.39 Å². The van der Waals surface area contributed by atoms with Crippen LogP contribution in [-0.2, 0) is 17.8 Å². The maximum atomic E-state index is 13.9. The summed E-state index contributed by atoms with van der Waals surface area (Å²) in [5.74, 6) is -0.537. The highest BCUT2D eigenvalue weighted by molar-refractivity contribution is 5.97. The highest BCUT2D eigenvalue weighted by Gasteiger charge is 2.19. The Morgan fingerprint density at radius 1 is 1.24 bits per heavy atom. The maximum Gasteiger partial charge on any atom is 0.306 e. The number of benzene rings is 2. The molecule has 34 heavy (non-hydrogen) atoms. The first-order chi connectivity index (χ1) is 16.3. The van der Waals surface area contributed by atoms with Gasteiger partial charge in [0.2, 0.25) is 11.8 Å². The van der Waals surface area contributed by atoms with E-state index in [9.17, 15) is 19.3 Å². The fourth-order valence-corrected chi connectivity index (χ4v) is 3.88. The van der Waals surface area contributed by atoms with E-state index in [0.29, 0.717) is 29.8 Å². The first-order valence-corrected chi connectivity index (χ1v) is 11.0. The molecule has 2 heterocycles. The lowest BCUT2D eigenvalue weighted by Crippen LogP contribution is -2.07. The Hall–Kier alpha value is -4.14. The molecule has 0 amide bonds. The van der Waals surface area contributed by atoms with E-state index in [2.05, 4.69) is 10.3 Å². The van der Waals surface area contributed by atoms with E-state index in [0.717, 1.165) is 34.2 Å². The largest absolute Gasteiger partial charge is 0.339 e. The molecular formula is C25H24FN5O3. The average Bonchev–Trinajstić information content (AvgIpc) is 3.18. The Labute approximate surface area is 195 Å². The van der Waals surface area contributed by atoms with Crippen molar-refractivity contribution < 1.29 is 14.1 Å². The lowest BCUT2D eigenvalue weighted by molar-refractivity contribution is -0.387. The van der Waals surface area contributed by atoms with E-state index in [4.69, 9.17) is 4.98 Å². The van der Waals surface area contributed by atoms with Crippen molar-refractivity contribution in [1.29, 1.82) is 0 Å². The van der Waals surface area contributed by atoms with Crippen LogP contribution in [0.5, 0.6) is 0 Å². The number of Topliss-reactive ketones (excluding diaryl/α,β-unsaturated/α-hetero) is 1. The van der Waals surface area contributed by atoms with Gasteiger partial charge in [0.15, 0.2) is 5.78 Å². The van der Waals surface area contributed by atoms with Gasteiger partial charge in [-0.15, -0.1) is 0 Å². The van der Waals surface area contributed by atoms with Gasteiger partial charge >= 0.3 is 5.69 Å². The Balaban J connectivity index is 1.81. The molecule has 0 fully saturated rings. The molecule has 9 heteroatoms. The van der Waals surface area contributed by atoms with Gasteiger partial charge in [-0.3, -0.25) is 14.9 Å². The number of nitro groups is 1. The number of para-hydroxylation sites is 1. The molecule has 0 unspecified atom stereocenters. The predicted molar refractivity (Wildman–Crippen MR) is 129 cm³/mol. The van der Waals surface area contributed by atoms with Crippen LogP contribution < -0.4 is 5.32 Å². The monoisotopic (exact) mass is 461 g/mol. The van der Waals surface area contributed by atoms with Crippen LogP contribution in [0.1, 0.15) is 31.4 Å². The number of anilines is 2. The van der Waals surface area contributed by atoms with Crippen LogP contribution in [0.15, 0.2) is 48.8 Å². The standard InChI is InChI=1S/C25H24FN5O3/c1-4-16-12-27-25(28-21-11-23(31(33)34)20(26)10-15(21)3)29-24(16)19-14-30(13-17(32)5-2)22-9-7-6-8-18(19)22/h6-12,14H,4-5,13H2,1-3H3,(H,27,28,29). The number of nitro benzene ring substituents is 1. The van der Waals surface area contributed by atoms with Gasteiger partial charge in [-0.1, -0.05) is 32.0 Å². The molecule has 0 radical (unpaired) electrons. The highest BCUT2D eigenvalue weighted by atomic mass is 19.1. The van der Waals surface area contributed by atoms with Gasteiger partial charge in [0.1, 0.15) is 0 Å². The van der Waals surface area contributed by atoms with E-state index in [-0.39, 0.29) is 18.3 Å². The van der Waals surface area contributed by atoms with Gasteiger partial charge in [-0.05, 0) is 36.6 Å². The number of ketones is 1. The molecule has 2 aromatic heterocycles. The zero-order valence-electron chi connectivity index (χ0n) is 19.1. The molecule has 0 aliphatic carbocycles. The number of nitrogens with zero attached hydrogens (tertiary/aromatic N) is 4. The molecule has 2 aromatic carbocycles. The molecule has 8 nitrogen and oxygen atoms in total. The van der Waals surface area contributed by atoms with Crippen molar-refractivity contribution in [3.8, 4) is 11.3 Å². The minimum absolute atomic E-state index is 0.126. The van der Waals surface area contributed by atoms with Gasteiger partial charge in [0.25, 0.3) is 0 Å². The zero-order valence-corrected chi connectivity index (χ0v) is 19.1. The Bertz CT molecular complexity index is 1410. The number of fused-ring (bicyclic) bond motifs is 1. The van der Waals surface area contributed by atoms with Gasteiger partial charge in [-0.25, -0.2) is 9.97 Å². The first-order valence-electron chi connectivity index (χ1n) is 11.0. The predicted octanol–water partition coefficient (Wildman–Crippen LogP) is 5.74. The molecular weight excluding hydrogens is 437 g/mol. The minimum Gasteiger partial charge on any atom is -0.339 e. The second kappa shape index (κ2) is 9.38. The normalized spacial score (nSPS) is 11.1. The fraction of sp³-hybridized carbons (Fsp3) is 0.240. The van der Waals surface area contributed by atoms with E-state index < -0.39 is 16.4 Å². The minimum atomic E-state index is -0.898. The molecule has 0 aliphatic heterocycles. The second-order valence-electron chi connectivity index (χ2n) is 8.00. The molecule has 0 saturated heterocycles. The zero-order chi connectivity index (χ0) is 24.4. The van der Waals surface area contributed by atoms with Crippen molar-refractivity contribution in [3.63, 3.8) is 0 Å². The van der Waals surface area contributed by atoms with Gasteiger partial charge < -0.3 is 9.88 Å². The summed E-state index contributed by atoms with van der Waals surface area (Å²) in [5.41, 5.74) is 3.62. The molecule has 0 spiro atoms. The number of aryl methyl sites for hydroxylation is 2. The molecule has 0 saturated carbocycles. The number of hydrogen-bond donors (Lipinski definition) is 1. The Morgan fingerprint density at radius 3 is 2.71 bits per heavy atom. The number of carbonyl (C=O) groups is 1. The van der Waals surface area contributed by atoms with E-state index >= 15 is 0 Å². The third kappa shape index (κ3) is 4.36. The number of carbonyl (C=O) groups excluding carboxylic acids is 1. The molecule has 174 valence electrons. The van der Waals surface area contributed by atoms with Crippen LogP contribution in [0.3, 0.4) is 0 Å². The van der Waals surface area contributed by atoms with Gasteiger partial charge in [0.05, 0.1) is 22.8 Å². The fourth-order valence-electron chi connectivity index (χ4n) is 3.88. The summed E-state index contributed by atoms with van der Waals surface area (Å²) in [6.07, 6.45) is 4.77. The van der Waals surface area contributed by atoms with Crippen molar-refractivity contribution in [3.05, 3.63) is 75.9 Å². The van der Waals surface area contributed by atoms with Crippen molar-refractivity contribution >= 4 is 34.0 Å². The van der Waals surface area contributed by atoms with E-state index in [1.54, 1.807) is 13.1 Å². The van der Waals surface area contributed by atoms with E-state index in [1.165, 1.54) is 0 Å². The third-order valence-corrected chi connectivity index (χ3v) is 5.77. The number of halogens is 1. The summed E-state index contributed by atoms with van der Waals surface area (Å²) in [5, 5.41) is 15.1. The Morgan fingerprint density at radius 2 is 2.00 bits per heavy atom. The molecule has 0 aliphatic rings. The molecule has 4 rings (SSSR count). The van der Waals surface area contributed by atoms with Crippen molar-refractivity contribution in [2.75, 3.05) is 5.32 Å². The van der Waals surface area contributed by atoms with Crippen LogP contribution in [0.4, 0.5) is 21.7 Å². The van der Waals surface area contributed by atoms with Crippen LogP contribution >= 0.6 is 0 Å².